The molecule has 0 heterocycles. The van der Waals surface area contributed by atoms with Gasteiger partial charge in [-0.2, -0.15) is 13.2 Å². The molecule has 1 amide bonds. The Kier molecular flexibility index (Phi) is 10.2. The molecule has 102 valence electrons. The van der Waals surface area contributed by atoms with Crippen molar-refractivity contribution in [2.24, 2.45) is 11.5 Å². The van der Waals surface area contributed by atoms with Gasteiger partial charge in [0.25, 0.3) is 0 Å². The van der Waals surface area contributed by atoms with Crippen molar-refractivity contribution in [2.45, 2.75) is 19.5 Å². The highest BCUT2D eigenvalue weighted by atomic mass is 19.4. The maximum Gasteiger partial charge on any atom is 0.490 e. The van der Waals surface area contributed by atoms with E-state index in [0.717, 1.165) is 0 Å². The van der Waals surface area contributed by atoms with Crippen LogP contribution in [0.3, 0.4) is 0 Å². The Hall–Kier alpha value is -1.51. The normalized spacial score (nSPS) is 9.94. The molecule has 0 unspecified atom stereocenters. The second-order valence-electron chi connectivity index (χ2n) is 2.53. The molecule has 0 radical (unpaired) electrons. The van der Waals surface area contributed by atoms with Crippen LogP contribution in [-0.2, 0) is 14.3 Å². The van der Waals surface area contributed by atoms with Crippen LogP contribution in [0, 0.1) is 0 Å². The summed E-state index contributed by atoms with van der Waals surface area (Å²) in [7, 11) is 0. The number of alkyl halides is 3. The topological polar surface area (TPSA) is 105 Å². The Labute approximate surface area is 96.0 Å². The van der Waals surface area contributed by atoms with Gasteiger partial charge in [-0.1, -0.05) is 0 Å². The van der Waals surface area contributed by atoms with Gasteiger partial charge in [-0.15, -0.1) is 0 Å². The first kappa shape index (κ1) is 17.9. The van der Waals surface area contributed by atoms with Gasteiger partial charge in [0.2, 0.25) is 0 Å². The van der Waals surface area contributed by atoms with Crippen LogP contribution in [0.1, 0.15) is 13.3 Å². The van der Waals surface area contributed by atoms with Crippen LogP contribution in [0.25, 0.3) is 0 Å². The standard InChI is InChI=1S/C5H8F3NO2.C3H7NO2/c6-5(7,8)4(10)11-3-1-2-9;1-2-6-3(4)5/h1-3,9H2;2H2,1H3,(H2,4,5). The molecule has 9 heteroatoms. The third-order valence-electron chi connectivity index (χ3n) is 1.10. The number of hydrogen-bond acceptors (Lipinski definition) is 5. The molecule has 17 heavy (non-hydrogen) atoms. The average Bonchev–Trinajstić information content (AvgIpc) is 2.17. The van der Waals surface area contributed by atoms with Gasteiger partial charge in [0, 0.05) is 0 Å². The van der Waals surface area contributed by atoms with Gasteiger partial charge in [0.05, 0.1) is 13.2 Å². The van der Waals surface area contributed by atoms with Gasteiger partial charge in [0.15, 0.2) is 0 Å². The van der Waals surface area contributed by atoms with E-state index < -0.39 is 18.2 Å². The van der Waals surface area contributed by atoms with Gasteiger partial charge in [0.1, 0.15) is 0 Å². The van der Waals surface area contributed by atoms with Crippen LogP contribution in [0.4, 0.5) is 18.0 Å². The van der Waals surface area contributed by atoms with E-state index in [4.69, 9.17) is 5.73 Å². The predicted octanol–water partition coefficient (Wildman–Crippen LogP) is 0.542. The number of hydrogen-bond donors (Lipinski definition) is 2. The number of halogens is 3. The minimum Gasteiger partial charge on any atom is -0.459 e. The molecule has 0 aromatic heterocycles. The molecular weight excluding hydrogens is 245 g/mol. The lowest BCUT2D eigenvalue weighted by atomic mass is 10.5. The second kappa shape index (κ2) is 9.70. The zero-order chi connectivity index (χ0) is 13.9. The van der Waals surface area contributed by atoms with Crippen molar-refractivity contribution in [3.8, 4) is 0 Å². The largest absolute Gasteiger partial charge is 0.490 e. The van der Waals surface area contributed by atoms with E-state index in [1.807, 2.05) is 0 Å². The summed E-state index contributed by atoms with van der Waals surface area (Å²) in [6.07, 6.45) is -5.37. The molecule has 0 atom stereocenters. The fourth-order valence-electron chi connectivity index (χ4n) is 0.472. The fourth-order valence-corrected chi connectivity index (χ4v) is 0.472. The molecule has 0 saturated heterocycles. The number of esters is 1. The van der Waals surface area contributed by atoms with Crippen molar-refractivity contribution in [1.29, 1.82) is 0 Å². The third-order valence-corrected chi connectivity index (χ3v) is 1.10. The SMILES string of the molecule is CCOC(N)=O.NCCCOC(=O)C(F)(F)F. The van der Waals surface area contributed by atoms with E-state index in [0.29, 0.717) is 6.61 Å². The van der Waals surface area contributed by atoms with Crippen molar-refractivity contribution in [2.75, 3.05) is 19.8 Å². The summed E-state index contributed by atoms with van der Waals surface area (Å²) in [6.45, 7) is 1.97. The average molecular weight is 260 g/mol. The Balaban J connectivity index is 0. The maximum absolute atomic E-state index is 11.4. The van der Waals surface area contributed by atoms with Crippen LogP contribution in [0.5, 0.6) is 0 Å². The Morgan fingerprint density at radius 2 is 1.76 bits per heavy atom. The Morgan fingerprint density at radius 1 is 1.24 bits per heavy atom. The first-order valence-corrected chi connectivity index (χ1v) is 4.61. The molecule has 0 saturated carbocycles. The first-order chi connectivity index (χ1) is 7.75. The van der Waals surface area contributed by atoms with Crippen molar-refractivity contribution in [3.05, 3.63) is 0 Å². The predicted molar refractivity (Wildman–Crippen MR) is 51.9 cm³/mol. The molecule has 0 bridgehead atoms. The second-order valence-corrected chi connectivity index (χ2v) is 2.53. The van der Waals surface area contributed by atoms with Crippen LogP contribution in [-0.4, -0.2) is 38.0 Å². The Bertz CT molecular complexity index is 233. The Morgan fingerprint density at radius 3 is 2.00 bits per heavy atom. The smallest absolute Gasteiger partial charge is 0.459 e. The number of amides is 1. The lowest BCUT2D eigenvalue weighted by Gasteiger charge is -2.05. The van der Waals surface area contributed by atoms with Gasteiger partial charge < -0.3 is 20.9 Å². The summed E-state index contributed by atoms with van der Waals surface area (Å²) >= 11 is 0. The quantitative estimate of drug-likeness (QED) is 0.567. The molecule has 0 aliphatic carbocycles. The van der Waals surface area contributed by atoms with Crippen LogP contribution >= 0.6 is 0 Å². The fraction of sp³-hybridized carbons (Fsp3) is 0.750. The summed E-state index contributed by atoms with van der Waals surface area (Å²) in [5.41, 5.74) is 9.49. The number of rotatable bonds is 4. The number of nitrogens with two attached hydrogens (primary N) is 2. The van der Waals surface area contributed by atoms with E-state index in [-0.39, 0.29) is 19.6 Å². The van der Waals surface area contributed by atoms with Crippen LogP contribution in [0.2, 0.25) is 0 Å². The number of ether oxygens (including phenoxy) is 2. The summed E-state index contributed by atoms with van der Waals surface area (Å²) in [5.74, 6) is -2.16. The molecule has 0 spiro atoms. The zero-order valence-electron chi connectivity index (χ0n) is 9.25. The molecule has 0 fully saturated rings. The summed E-state index contributed by atoms with van der Waals surface area (Å²) in [6, 6.07) is 0. The molecule has 4 N–H and O–H groups in total. The van der Waals surface area contributed by atoms with Crippen molar-refractivity contribution in [3.63, 3.8) is 0 Å². The summed E-state index contributed by atoms with van der Waals surface area (Å²) in [5, 5.41) is 0. The van der Waals surface area contributed by atoms with Gasteiger partial charge >= 0.3 is 18.2 Å². The minimum atomic E-state index is -4.89. The number of carbonyl (C=O) groups excluding carboxylic acids is 2. The van der Waals surface area contributed by atoms with E-state index in [2.05, 4.69) is 15.2 Å². The van der Waals surface area contributed by atoms with Crippen LogP contribution in [0.15, 0.2) is 0 Å². The lowest BCUT2D eigenvalue weighted by Crippen LogP contribution is -2.26. The highest BCUT2D eigenvalue weighted by molar-refractivity contribution is 5.75. The summed E-state index contributed by atoms with van der Waals surface area (Å²) < 4.78 is 42.1. The molecular formula is C8H15F3N2O4. The monoisotopic (exact) mass is 260 g/mol. The first-order valence-electron chi connectivity index (χ1n) is 4.61. The van der Waals surface area contributed by atoms with E-state index in [1.165, 1.54) is 0 Å². The molecule has 0 aliphatic rings. The highest BCUT2D eigenvalue weighted by Gasteiger charge is 2.40. The van der Waals surface area contributed by atoms with Gasteiger partial charge in [-0.05, 0) is 19.9 Å². The van der Waals surface area contributed by atoms with Gasteiger partial charge in [-0.3, -0.25) is 0 Å². The molecule has 6 nitrogen and oxygen atoms in total. The highest BCUT2D eigenvalue weighted by Crippen LogP contribution is 2.16. The van der Waals surface area contributed by atoms with E-state index in [9.17, 15) is 22.8 Å². The van der Waals surface area contributed by atoms with Crippen molar-refractivity contribution in [1.82, 2.24) is 0 Å². The van der Waals surface area contributed by atoms with Crippen molar-refractivity contribution >= 4 is 12.1 Å². The van der Waals surface area contributed by atoms with Crippen LogP contribution < -0.4 is 11.5 Å². The van der Waals surface area contributed by atoms with Gasteiger partial charge in [-0.25, -0.2) is 9.59 Å². The zero-order valence-corrected chi connectivity index (χ0v) is 9.25. The molecule has 0 aromatic carbocycles. The van der Waals surface area contributed by atoms with E-state index >= 15 is 0 Å². The third kappa shape index (κ3) is 14.5. The minimum absolute atomic E-state index is 0.200. The molecule has 0 rings (SSSR count). The number of primary amides is 1. The maximum atomic E-state index is 11.4. The lowest BCUT2D eigenvalue weighted by molar-refractivity contribution is -0.199. The number of carbonyl (C=O) groups is 2. The summed E-state index contributed by atoms with van der Waals surface area (Å²) in [4.78, 5) is 19.6. The van der Waals surface area contributed by atoms with E-state index in [1.54, 1.807) is 6.92 Å². The van der Waals surface area contributed by atoms with Crippen molar-refractivity contribution < 1.29 is 32.2 Å². The molecule has 0 aliphatic heterocycles. The molecule has 0 aromatic rings.